The van der Waals surface area contributed by atoms with Crippen molar-refractivity contribution in [3.05, 3.63) is 48.0 Å². The van der Waals surface area contributed by atoms with Crippen LogP contribution < -0.4 is 9.47 Å². The van der Waals surface area contributed by atoms with Crippen LogP contribution in [-0.2, 0) is 11.3 Å². The summed E-state index contributed by atoms with van der Waals surface area (Å²) in [6, 6.07) is 14.6. The quantitative estimate of drug-likeness (QED) is 0.688. The zero-order chi connectivity index (χ0) is 18.6. The lowest BCUT2D eigenvalue weighted by Crippen LogP contribution is -2.43. The number of benzene rings is 2. The first-order valence-corrected chi connectivity index (χ1v) is 9.81. The van der Waals surface area contributed by atoms with Crippen LogP contribution in [0.15, 0.2) is 42.5 Å². The number of likely N-dealkylation sites (N-methyl/N-ethyl adjacent to an activating group) is 1. The third-order valence-corrected chi connectivity index (χ3v) is 5.06. The van der Waals surface area contributed by atoms with Crippen LogP contribution in [0.3, 0.4) is 0 Å². The van der Waals surface area contributed by atoms with Gasteiger partial charge in [-0.15, -0.1) is 0 Å². The van der Waals surface area contributed by atoms with Crippen molar-refractivity contribution in [1.82, 2.24) is 9.80 Å². The predicted molar refractivity (Wildman–Crippen MR) is 106 cm³/mol. The molecule has 1 atom stereocenters. The Bertz CT molecular complexity index is 755. The largest absolute Gasteiger partial charge is 0.428 e. The van der Waals surface area contributed by atoms with Crippen molar-refractivity contribution in [3.8, 4) is 22.6 Å². The van der Waals surface area contributed by atoms with E-state index in [1.165, 1.54) is 16.7 Å². The zero-order valence-corrected chi connectivity index (χ0v) is 16.2. The number of hydrogen-bond donors (Lipinski definition) is 0. The van der Waals surface area contributed by atoms with Gasteiger partial charge >= 0.3 is 6.48 Å². The molecule has 27 heavy (non-hydrogen) atoms. The molecule has 0 bridgehead atoms. The summed E-state index contributed by atoms with van der Waals surface area (Å²) >= 11 is 0. The lowest BCUT2D eigenvalue weighted by atomic mass is 10.1. The maximum absolute atomic E-state index is 5.82. The summed E-state index contributed by atoms with van der Waals surface area (Å²) in [6.45, 7) is 7.46. The van der Waals surface area contributed by atoms with E-state index >= 15 is 0 Å². The summed E-state index contributed by atoms with van der Waals surface area (Å²) in [5, 5.41) is 0. The van der Waals surface area contributed by atoms with Gasteiger partial charge in [0, 0.05) is 38.3 Å². The molecule has 1 unspecified atom stereocenters. The van der Waals surface area contributed by atoms with Crippen molar-refractivity contribution in [2.45, 2.75) is 26.4 Å². The molecule has 0 aromatic heterocycles. The van der Waals surface area contributed by atoms with E-state index in [-0.39, 0.29) is 0 Å². The Hall–Kier alpha value is -2.08. The highest BCUT2D eigenvalue weighted by Gasteiger charge is 2.28. The molecule has 5 heteroatoms. The molecule has 144 valence electrons. The summed E-state index contributed by atoms with van der Waals surface area (Å²) in [4.78, 5) is 4.82. The van der Waals surface area contributed by atoms with Gasteiger partial charge in [-0.1, -0.05) is 37.3 Å². The maximum atomic E-state index is 5.82. The third-order valence-electron chi connectivity index (χ3n) is 5.06. The van der Waals surface area contributed by atoms with Crippen LogP contribution >= 0.6 is 0 Å². The molecule has 5 nitrogen and oxygen atoms in total. The second-order valence-electron chi connectivity index (χ2n) is 7.30. The van der Waals surface area contributed by atoms with Crippen molar-refractivity contribution in [2.24, 2.45) is 0 Å². The molecule has 0 amide bonds. The SMILES string of the molecule is CCCOC1Oc2cccc(CN3CCN(C)CC3)c2O1.c1cc2cc-2c1. The minimum Gasteiger partial charge on any atom is -0.428 e. The number of fused-ring (bicyclic) bond motifs is 2. The smallest absolute Gasteiger partial charge is 0.361 e. The summed E-state index contributed by atoms with van der Waals surface area (Å²) in [5.74, 6) is 1.64. The Morgan fingerprint density at radius 1 is 1.00 bits per heavy atom. The molecular formula is C22H28N2O3. The van der Waals surface area contributed by atoms with E-state index in [4.69, 9.17) is 14.2 Å². The van der Waals surface area contributed by atoms with Crippen LogP contribution in [0.25, 0.3) is 11.1 Å². The van der Waals surface area contributed by atoms with Crippen LogP contribution in [0.5, 0.6) is 11.5 Å². The molecule has 2 aliphatic carbocycles. The molecule has 0 spiro atoms. The van der Waals surface area contributed by atoms with Crippen LogP contribution in [0, 0.1) is 0 Å². The molecule has 5 rings (SSSR count). The van der Waals surface area contributed by atoms with Gasteiger partial charge < -0.3 is 19.1 Å². The van der Waals surface area contributed by atoms with Crippen LogP contribution in [0.4, 0.5) is 0 Å². The molecule has 0 radical (unpaired) electrons. The summed E-state index contributed by atoms with van der Waals surface area (Å²) < 4.78 is 17.0. The number of para-hydroxylation sites is 1. The van der Waals surface area contributed by atoms with E-state index < -0.39 is 6.48 Å². The number of piperazine rings is 1. The van der Waals surface area contributed by atoms with Gasteiger partial charge in [-0.2, -0.15) is 0 Å². The Balaban J connectivity index is 0.000000250. The van der Waals surface area contributed by atoms with E-state index in [9.17, 15) is 0 Å². The van der Waals surface area contributed by atoms with Crippen molar-refractivity contribution < 1.29 is 14.2 Å². The summed E-state index contributed by atoms with van der Waals surface area (Å²) in [5.41, 5.74) is 4.03. The Labute approximate surface area is 161 Å². The second-order valence-corrected chi connectivity index (χ2v) is 7.30. The normalized spacial score (nSPS) is 20.1. The fraction of sp³-hybridized carbons (Fsp3) is 0.455. The van der Waals surface area contributed by atoms with Gasteiger partial charge in [0.2, 0.25) is 0 Å². The highest BCUT2D eigenvalue weighted by atomic mass is 16.9. The van der Waals surface area contributed by atoms with Gasteiger partial charge in [-0.05, 0) is 36.7 Å². The Morgan fingerprint density at radius 2 is 1.74 bits per heavy atom. The van der Waals surface area contributed by atoms with E-state index in [1.807, 2.05) is 12.1 Å². The van der Waals surface area contributed by atoms with Gasteiger partial charge in [0.15, 0.2) is 11.5 Å². The van der Waals surface area contributed by atoms with Gasteiger partial charge in [0.25, 0.3) is 0 Å². The average molecular weight is 368 g/mol. The summed E-state index contributed by atoms with van der Waals surface area (Å²) in [7, 11) is 2.17. The van der Waals surface area contributed by atoms with Crippen LogP contribution in [0.2, 0.25) is 0 Å². The molecule has 4 aliphatic rings. The fourth-order valence-electron chi connectivity index (χ4n) is 3.34. The number of nitrogens with zero attached hydrogens (tertiary/aromatic N) is 2. The van der Waals surface area contributed by atoms with E-state index in [1.54, 1.807) is 0 Å². The standard InChI is InChI=1S/C16H24N2O3.C6H4/c1-3-11-19-16-20-14-6-4-5-13(15(14)21-16)12-18-9-7-17(2)8-10-18;1-2-5-4-6(5)3-1/h4-6,16H,3,7-12H2,1-2H3;1-4H. The number of ether oxygens (including phenoxy) is 3. The predicted octanol–water partition coefficient (Wildman–Crippen LogP) is 3.58. The Kier molecular flexibility index (Phi) is 5.62. The first kappa shape index (κ1) is 18.3. The molecule has 1 aromatic carbocycles. The minimum absolute atomic E-state index is 0.589. The number of hydrogen-bond acceptors (Lipinski definition) is 5. The van der Waals surface area contributed by atoms with Gasteiger partial charge in [-0.25, -0.2) is 0 Å². The van der Waals surface area contributed by atoms with E-state index in [2.05, 4.69) is 54.1 Å². The van der Waals surface area contributed by atoms with E-state index in [0.29, 0.717) is 6.61 Å². The second kappa shape index (κ2) is 8.30. The Morgan fingerprint density at radius 3 is 2.37 bits per heavy atom. The molecule has 2 heterocycles. The molecule has 1 fully saturated rings. The number of rotatable bonds is 5. The highest BCUT2D eigenvalue weighted by Crippen LogP contribution is 2.38. The topological polar surface area (TPSA) is 34.2 Å². The van der Waals surface area contributed by atoms with Crippen molar-refractivity contribution >= 4 is 0 Å². The first-order chi connectivity index (χ1) is 13.2. The van der Waals surface area contributed by atoms with Gasteiger partial charge in [0.1, 0.15) is 0 Å². The third kappa shape index (κ3) is 4.61. The van der Waals surface area contributed by atoms with Gasteiger partial charge in [0.05, 0.1) is 6.61 Å². The molecular weight excluding hydrogens is 340 g/mol. The molecule has 0 saturated carbocycles. The average Bonchev–Trinajstić information content (AvgIpc) is 3.09. The molecule has 1 aromatic rings. The summed E-state index contributed by atoms with van der Waals surface area (Å²) in [6.07, 6.45) is 0.952. The first-order valence-electron chi connectivity index (χ1n) is 9.81. The molecule has 1 saturated heterocycles. The lowest BCUT2D eigenvalue weighted by Gasteiger charge is -2.32. The maximum Gasteiger partial charge on any atom is 0.361 e. The van der Waals surface area contributed by atoms with Crippen LogP contribution in [0.1, 0.15) is 18.9 Å². The van der Waals surface area contributed by atoms with E-state index in [0.717, 1.165) is 50.6 Å². The minimum atomic E-state index is -0.589. The van der Waals surface area contributed by atoms with Gasteiger partial charge in [-0.3, -0.25) is 4.90 Å². The molecule has 2 aliphatic heterocycles. The monoisotopic (exact) mass is 368 g/mol. The fourth-order valence-corrected chi connectivity index (χ4v) is 3.34. The van der Waals surface area contributed by atoms with Crippen molar-refractivity contribution in [3.63, 3.8) is 0 Å². The zero-order valence-electron chi connectivity index (χ0n) is 16.2. The lowest BCUT2D eigenvalue weighted by molar-refractivity contribution is -0.176. The van der Waals surface area contributed by atoms with Crippen molar-refractivity contribution in [2.75, 3.05) is 39.8 Å². The highest BCUT2D eigenvalue weighted by molar-refractivity contribution is 5.80. The van der Waals surface area contributed by atoms with Crippen LogP contribution in [-0.4, -0.2) is 56.1 Å². The van der Waals surface area contributed by atoms with Crippen molar-refractivity contribution in [1.29, 1.82) is 0 Å². The molecule has 0 N–H and O–H groups in total.